The molecule has 0 aromatic carbocycles. The summed E-state index contributed by atoms with van der Waals surface area (Å²) in [5.41, 5.74) is 0. The Morgan fingerprint density at radius 1 is 0.581 bits per heavy atom. The molecule has 4 N–H and O–H groups in total. The van der Waals surface area contributed by atoms with Crippen molar-refractivity contribution in [3.63, 3.8) is 0 Å². The molecule has 254 valence electrons. The molecule has 0 aliphatic carbocycles. The first-order chi connectivity index (χ1) is 21.0. The average molecular weight is 608 g/mol. The topological polar surface area (TPSA) is 89.8 Å². The van der Waals surface area contributed by atoms with Gasteiger partial charge in [-0.15, -0.1) is 0 Å². The Balaban J connectivity index is 3.70. The fourth-order valence-corrected chi connectivity index (χ4v) is 5.55. The summed E-state index contributed by atoms with van der Waals surface area (Å²) < 4.78 is 0. The molecule has 0 bridgehead atoms. The number of amides is 1. The van der Waals surface area contributed by atoms with Crippen LogP contribution in [0.5, 0.6) is 0 Å². The van der Waals surface area contributed by atoms with E-state index in [-0.39, 0.29) is 18.9 Å². The fraction of sp³-hybridized carbons (Fsp3) is 0.868. The lowest BCUT2D eigenvalue weighted by molar-refractivity contribution is -0.124. The summed E-state index contributed by atoms with van der Waals surface area (Å²) in [6, 6.07) is -0.744. The predicted octanol–water partition coefficient (Wildman–Crippen LogP) is 9.87. The van der Waals surface area contributed by atoms with E-state index >= 15 is 0 Å². The van der Waals surface area contributed by atoms with Crippen LogP contribution in [0, 0.1) is 0 Å². The standard InChI is InChI=1S/C38H73NO4/c1-3-5-7-9-11-13-14-15-16-17-18-19-20-21-22-24-26-28-30-32-37(42)36(34-40)39-38(43)33-35(41)31-29-27-25-23-12-10-8-6-4-2/h10,12,30,32,35-37,40-42H,3-9,11,13-29,31,33-34H2,1-2H3,(H,39,43)/b12-10-,32-30+. The van der Waals surface area contributed by atoms with Gasteiger partial charge in [0.1, 0.15) is 0 Å². The van der Waals surface area contributed by atoms with E-state index in [1.165, 1.54) is 116 Å². The number of rotatable bonds is 33. The number of hydrogen-bond donors (Lipinski definition) is 4. The Hall–Kier alpha value is -1.17. The van der Waals surface area contributed by atoms with Gasteiger partial charge in [0.25, 0.3) is 0 Å². The predicted molar refractivity (Wildman–Crippen MR) is 185 cm³/mol. The largest absolute Gasteiger partial charge is 0.394 e. The first kappa shape index (κ1) is 41.8. The summed E-state index contributed by atoms with van der Waals surface area (Å²) in [6.45, 7) is 4.14. The minimum absolute atomic E-state index is 0.00308. The monoisotopic (exact) mass is 608 g/mol. The summed E-state index contributed by atoms with van der Waals surface area (Å²) in [5.74, 6) is -0.328. The maximum absolute atomic E-state index is 12.3. The first-order valence-corrected chi connectivity index (χ1v) is 18.6. The van der Waals surface area contributed by atoms with E-state index in [0.717, 1.165) is 44.9 Å². The van der Waals surface area contributed by atoms with E-state index in [2.05, 4.69) is 31.3 Å². The molecular weight excluding hydrogens is 534 g/mol. The van der Waals surface area contributed by atoms with Crippen LogP contribution in [0.15, 0.2) is 24.3 Å². The van der Waals surface area contributed by atoms with Gasteiger partial charge in [0.05, 0.1) is 31.3 Å². The van der Waals surface area contributed by atoms with Gasteiger partial charge in [-0.2, -0.15) is 0 Å². The van der Waals surface area contributed by atoms with Crippen LogP contribution in [0.4, 0.5) is 0 Å². The molecule has 5 nitrogen and oxygen atoms in total. The molecule has 43 heavy (non-hydrogen) atoms. The highest BCUT2D eigenvalue weighted by Gasteiger charge is 2.20. The molecule has 0 heterocycles. The lowest BCUT2D eigenvalue weighted by Gasteiger charge is -2.21. The smallest absolute Gasteiger partial charge is 0.222 e. The van der Waals surface area contributed by atoms with E-state index < -0.39 is 18.2 Å². The number of nitrogens with one attached hydrogen (secondary N) is 1. The van der Waals surface area contributed by atoms with Crippen molar-refractivity contribution < 1.29 is 20.1 Å². The fourth-order valence-electron chi connectivity index (χ4n) is 5.55. The number of aliphatic hydroxyl groups is 3. The zero-order valence-corrected chi connectivity index (χ0v) is 28.6. The maximum atomic E-state index is 12.3. The molecule has 0 aromatic heterocycles. The molecule has 0 saturated carbocycles. The molecule has 5 heteroatoms. The normalized spacial score (nSPS) is 14.1. The summed E-state index contributed by atoms with van der Waals surface area (Å²) in [6.07, 6.45) is 38.8. The summed E-state index contributed by atoms with van der Waals surface area (Å²) in [5, 5.41) is 32.9. The number of allylic oxidation sites excluding steroid dienone is 3. The van der Waals surface area contributed by atoms with Crippen molar-refractivity contribution in [1.82, 2.24) is 5.32 Å². The Morgan fingerprint density at radius 3 is 1.49 bits per heavy atom. The summed E-state index contributed by atoms with van der Waals surface area (Å²) in [7, 11) is 0. The highest BCUT2D eigenvalue weighted by Crippen LogP contribution is 2.15. The van der Waals surface area contributed by atoms with Crippen LogP contribution in [0.2, 0.25) is 0 Å². The molecule has 0 rings (SSSR count). The van der Waals surface area contributed by atoms with Gasteiger partial charge in [-0.25, -0.2) is 0 Å². The molecular formula is C38H73NO4. The van der Waals surface area contributed by atoms with E-state index in [4.69, 9.17) is 0 Å². The van der Waals surface area contributed by atoms with Crippen LogP contribution < -0.4 is 5.32 Å². The average Bonchev–Trinajstić information content (AvgIpc) is 3.00. The van der Waals surface area contributed by atoms with Crippen LogP contribution in [0.3, 0.4) is 0 Å². The van der Waals surface area contributed by atoms with E-state index in [9.17, 15) is 20.1 Å². The van der Waals surface area contributed by atoms with Crippen molar-refractivity contribution in [3.8, 4) is 0 Å². The highest BCUT2D eigenvalue weighted by atomic mass is 16.3. The van der Waals surface area contributed by atoms with E-state index in [0.29, 0.717) is 6.42 Å². The van der Waals surface area contributed by atoms with Crippen LogP contribution in [0.25, 0.3) is 0 Å². The number of unbranched alkanes of at least 4 members (excludes halogenated alkanes) is 22. The van der Waals surface area contributed by atoms with Crippen molar-refractivity contribution in [2.45, 2.75) is 205 Å². The van der Waals surface area contributed by atoms with Crippen molar-refractivity contribution in [3.05, 3.63) is 24.3 Å². The lowest BCUT2D eigenvalue weighted by atomic mass is 10.0. The molecule has 0 fully saturated rings. The summed E-state index contributed by atoms with van der Waals surface area (Å²) >= 11 is 0. The Labute approximate surface area is 267 Å². The molecule has 0 radical (unpaired) electrons. The Kier molecular flexibility index (Phi) is 32.8. The Bertz CT molecular complexity index is 635. The minimum atomic E-state index is -0.928. The molecule has 0 aliphatic heterocycles. The van der Waals surface area contributed by atoms with Crippen molar-refractivity contribution in [1.29, 1.82) is 0 Å². The molecule has 0 spiro atoms. The van der Waals surface area contributed by atoms with Crippen LogP contribution in [0.1, 0.15) is 187 Å². The summed E-state index contributed by atoms with van der Waals surface area (Å²) in [4.78, 5) is 12.3. The van der Waals surface area contributed by atoms with Gasteiger partial charge in [0.15, 0.2) is 0 Å². The first-order valence-electron chi connectivity index (χ1n) is 18.6. The minimum Gasteiger partial charge on any atom is -0.394 e. The van der Waals surface area contributed by atoms with Gasteiger partial charge >= 0.3 is 0 Å². The third kappa shape index (κ3) is 30.6. The SMILES string of the molecule is CCCC/C=C\CCCCCC(O)CC(=O)NC(CO)C(O)/C=C/CCCCCCCCCCCCCCCCCCC. The van der Waals surface area contributed by atoms with Crippen molar-refractivity contribution in [2.24, 2.45) is 0 Å². The number of carbonyl (C=O) groups is 1. The zero-order valence-electron chi connectivity index (χ0n) is 28.6. The number of carbonyl (C=O) groups excluding carboxylic acids is 1. The third-order valence-electron chi connectivity index (χ3n) is 8.48. The van der Waals surface area contributed by atoms with Gasteiger partial charge in [0.2, 0.25) is 5.91 Å². The van der Waals surface area contributed by atoms with Gasteiger partial charge in [0, 0.05) is 0 Å². The maximum Gasteiger partial charge on any atom is 0.222 e. The Morgan fingerprint density at radius 2 is 1.00 bits per heavy atom. The zero-order chi connectivity index (χ0) is 31.6. The van der Waals surface area contributed by atoms with Crippen LogP contribution in [-0.4, -0.2) is 46.1 Å². The van der Waals surface area contributed by atoms with Crippen LogP contribution >= 0.6 is 0 Å². The second kappa shape index (κ2) is 33.7. The molecule has 0 saturated heterocycles. The van der Waals surface area contributed by atoms with Gasteiger partial charge < -0.3 is 20.6 Å². The van der Waals surface area contributed by atoms with Gasteiger partial charge in [-0.05, 0) is 38.5 Å². The number of hydrogen-bond acceptors (Lipinski definition) is 4. The lowest BCUT2D eigenvalue weighted by Crippen LogP contribution is -2.45. The second-order valence-corrected chi connectivity index (χ2v) is 12.8. The quantitative estimate of drug-likeness (QED) is 0.0441. The highest BCUT2D eigenvalue weighted by molar-refractivity contribution is 5.76. The van der Waals surface area contributed by atoms with Crippen LogP contribution in [-0.2, 0) is 4.79 Å². The van der Waals surface area contributed by atoms with Gasteiger partial charge in [-0.3, -0.25) is 4.79 Å². The molecule has 3 atom stereocenters. The molecule has 0 aliphatic rings. The van der Waals surface area contributed by atoms with Crippen molar-refractivity contribution in [2.75, 3.05) is 6.61 Å². The van der Waals surface area contributed by atoms with E-state index in [1.807, 2.05) is 6.08 Å². The number of aliphatic hydroxyl groups excluding tert-OH is 3. The molecule has 1 amide bonds. The van der Waals surface area contributed by atoms with E-state index in [1.54, 1.807) is 6.08 Å². The van der Waals surface area contributed by atoms with Crippen molar-refractivity contribution >= 4 is 5.91 Å². The van der Waals surface area contributed by atoms with Gasteiger partial charge in [-0.1, -0.05) is 167 Å². The second-order valence-electron chi connectivity index (χ2n) is 12.8. The molecule has 3 unspecified atom stereocenters. The molecule has 0 aromatic rings. The third-order valence-corrected chi connectivity index (χ3v) is 8.48.